The van der Waals surface area contributed by atoms with Crippen molar-refractivity contribution in [3.63, 3.8) is 0 Å². The van der Waals surface area contributed by atoms with Crippen molar-refractivity contribution in [2.75, 3.05) is 38.5 Å². The van der Waals surface area contributed by atoms with Crippen LogP contribution in [0.2, 0.25) is 0 Å². The molecule has 0 bridgehead atoms. The van der Waals surface area contributed by atoms with Crippen molar-refractivity contribution in [1.29, 1.82) is 0 Å². The summed E-state index contributed by atoms with van der Waals surface area (Å²) < 4.78 is 29.6. The Morgan fingerprint density at radius 1 is 0.241 bits per heavy atom. The summed E-state index contributed by atoms with van der Waals surface area (Å²) in [4.78, 5) is 39.7. The van der Waals surface area contributed by atoms with Crippen LogP contribution in [0.1, 0.15) is 0 Å². The Labute approximate surface area is 774 Å². The van der Waals surface area contributed by atoms with Gasteiger partial charge in [-0.25, -0.2) is 4.98 Å². The van der Waals surface area contributed by atoms with Crippen LogP contribution in [-0.2, 0) is 0 Å². The molecule has 620 valence electrons. The van der Waals surface area contributed by atoms with Crippen molar-refractivity contribution in [1.82, 2.24) is 19.9 Å². The summed E-state index contributed by atoms with van der Waals surface area (Å²) in [6.07, 6.45) is 11.0. The van der Waals surface area contributed by atoms with Crippen LogP contribution in [-0.4, -0.2) is 47.9 Å². The molecule has 11 aromatic heterocycles. The minimum Gasteiger partial charge on any atom is -0.461 e. The number of anilines is 16. The van der Waals surface area contributed by atoms with Gasteiger partial charge < -0.3 is 56.2 Å². The van der Waals surface area contributed by atoms with Crippen molar-refractivity contribution >= 4 is 259 Å². The van der Waals surface area contributed by atoms with E-state index in [-0.39, 0.29) is 27.9 Å². The van der Waals surface area contributed by atoms with Gasteiger partial charge >= 0.3 is 27.9 Å². The first-order valence-corrected chi connectivity index (χ1v) is 47.0. The van der Waals surface area contributed by atoms with Gasteiger partial charge in [0.2, 0.25) is 0 Å². The number of para-hydroxylation sites is 11. The molecule has 0 N–H and O–H groups in total. The number of rotatable bonds is 4. The molecule has 19 heterocycles. The van der Waals surface area contributed by atoms with E-state index in [1.165, 1.54) is 118 Å². The van der Waals surface area contributed by atoms with Crippen LogP contribution in [0.3, 0.4) is 0 Å². The molecule has 0 atom stereocenters. The molecule has 0 saturated carbocycles. The zero-order valence-corrected chi connectivity index (χ0v) is 73.1. The summed E-state index contributed by atoms with van der Waals surface area (Å²) in [6, 6.07) is 127. The smallest absolute Gasteiger partial charge is 0.423 e. The molecule has 0 radical (unpaired) electrons. The average Bonchev–Trinajstić information content (AvgIpc) is 1.56. The Morgan fingerprint density at radius 3 is 1.19 bits per heavy atom. The van der Waals surface area contributed by atoms with E-state index in [0.29, 0.717) is 0 Å². The number of hydrogen-bond acceptors (Lipinski definition) is 19. The Kier molecular flexibility index (Phi) is 16.2. The number of pyridine rings is 4. The van der Waals surface area contributed by atoms with Crippen LogP contribution >= 0.6 is 34.0 Å². The first-order chi connectivity index (χ1) is 66.0. The van der Waals surface area contributed by atoms with Gasteiger partial charge in [0.05, 0.1) is 85.7 Å². The zero-order valence-electron chi connectivity index (χ0n) is 70.6. The molecule has 13 aromatic carbocycles. The number of benzene rings is 13. The van der Waals surface area contributed by atoms with E-state index in [4.69, 9.17) is 37.6 Å². The lowest BCUT2D eigenvalue weighted by atomic mass is 9.59. The molecule has 23 heteroatoms. The monoisotopic (exact) mass is 1760 g/mol. The van der Waals surface area contributed by atoms with E-state index >= 15 is 0 Å². The highest BCUT2D eigenvalue weighted by atomic mass is 32.1. The lowest BCUT2D eigenvalue weighted by molar-refractivity contribution is 0.580. The van der Waals surface area contributed by atoms with Gasteiger partial charge in [-0.05, 0) is 209 Å². The fraction of sp³-hybridized carbons (Fsp3) is 0. The van der Waals surface area contributed by atoms with Gasteiger partial charge in [-0.2, -0.15) is 0 Å². The van der Waals surface area contributed by atoms with Crippen LogP contribution in [0.25, 0.3) is 129 Å². The average molecular weight is 1760 g/mol. The van der Waals surface area contributed by atoms with Gasteiger partial charge in [0, 0.05) is 115 Å². The Bertz CT molecular complexity index is 8370. The normalized spacial score (nSPS) is 13.8. The van der Waals surface area contributed by atoms with Crippen LogP contribution < -0.4 is 60.3 Å². The molecule has 8 aliphatic heterocycles. The van der Waals surface area contributed by atoms with Crippen LogP contribution in [0.15, 0.2) is 418 Å². The second kappa shape index (κ2) is 29.0. The zero-order chi connectivity index (χ0) is 86.8. The van der Waals surface area contributed by atoms with E-state index in [0.717, 1.165) is 123 Å². The summed E-state index contributed by atoms with van der Waals surface area (Å²) in [5, 5.41) is 11.9. The fourth-order valence-electron chi connectivity index (χ4n) is 22.0. The second-order valence-corrected chi connectivity index (χ2v) is 37.3. The molecule has 133 heavy (non-hydrogen) atoms. The van der Waals surface area contributed by atoms with Crippen molar-refractivity contribution in [2.45, 2.75) is 0 Å². The lowest BCUT2D eigenvalue weighted by Gasteiger charge is -2.35. The van der Waals surface area contributed by atoms with E-state index in [2.05, 4.69) is 359 Å². The first-order valence-electron chi connectivity index (χ1n) is 44.5. The largest absolute Gasteiger partial charge is 0.461 e. The number of thiophene rings is 3. The third-order valence-electron chi connectivity index (χ3n) is 27.4. The third kappa shape index (κ3) is 10.9. The molecule has 16 nitrogen and oxygen atoms in total. The number of aromatic nitrogens is 4. The molecule has 0 saturated heterocycles. The summed E-state index contributed by atoms with van der Waals surface area (Å²) in [7, 11) is 0. The minimum absolute atomic E-state index is 0.0291. The van der Waals surface area contributed by atoms with Crippen LogP contribution in [0, 0.1) is 0 Å². The number of fused-ring (bicyclic) bond motifs is 44. The Hall–Kier alpha value is -16.6. The van der Waals surface area contributed by atoms with Gasteiger partial charge in [0.15, 0.2) is 22.9 Å². The maximum Gasteiger partial charge on any atom is 0.423 e. The molecule has 8 aliphatic rings. The molecule has 0 aliphatic carbocycles. The molecule has 0 amide bonds. The lowest BCUT2D eigenvalue weighted by Crippen LogP contribution is -2.55. The SMILES string of the molecule is c1ccc2c(c1)B1N(c3ccccc3-2)c2ccccc2N1c1nccc2c1oc1ccccc12.c1cnc2c(c1)B1N(c3ccc4oc5ccccc5c4c3)c3ccccc3N1c1ccoc1-2.c1cnc2c(c1)B1N(c3ccc4sc5ccccc5c4c3)c3ccccc3N1c1ccoc1-2.c1cnc2c(c1)B1N(c3ccc4sc5ccccc5c4c3)c3ccccc3N1c1ccsc1-2. The first kappa shape index (κ1) is 74.4. The highest BCUT2D eigenvalue weighted by Gasteiger charge is 2.54. The van der Waals surface area contributed by atoms with Crippen molar-refractivity contribution in [2.24, 2.45) is 0 Å². The third-order valence-corrected chi connectivity index (χ3v) is 30.6. The molecule has 24 aromatic rings. The highest BCUT2D eigenvalue weighted by molar-refractivity contribution is 7.26. The number of nitrogens with zero attached hydrogens (tertiary/aromatic N) is 12. The van der Waals surface area contributed by atoms with E-state index in [1.54, 1.807) is 23.9 Å². The van der Waals surface area contributed by atoms with E-state index in [9.17, 15) is 0 Å². The van der Waals surface area contributed by atoms with Gasteiger partial charge in [-0.15, -0.1) is 34.0 Å². The van der Waals surface area contributed by atoms with Crippen molar-refractivity contribution < 1.29 is 17.7 Å². The van der Waals surface area contributed by atoms with Crippen molar-refractivity contribution in [3.05, 3.63) is 401 Å². The highest BCUT2D eigenvalue weighted by Crippen LogP contribution is 2.58. The summed E-state index contributed by atoms with van der Waals surface area (Å²) in [5.41, 5.74) is 31.2. The maximum absolute atomic E-state index is 6.43. The number of furan rings is 4. The summed E-state index contributed by atoms with van der Waals surface area (Å²) in [6.45, 7) is -0.115. The summed E-state index contributed by atoms with van der Waals surface area (Å²) >= 11 is 5.49. The van der Waals surface area contributed by atoms with Gasteiger partial charge in [0.25, 0.3) is 0 Å². The van der Waals surface area contributed by atoms with Gasteiger partial charge in [0.1, 0.15) is 28.1 Å². The van der Waals surface area contributed by atoms with Crippen molar-refractivity contribution in [3.8, 4) is 44.6 Å². The Morgan fingerprint density at radius 2 is 0.632 bits per heavy atom. The summed E-state index contributed by atoms with van der Waals surface area (Å²) in [5.74, 6) is 2.48. The van der Waals surface area contributed by atoms with Crippen LogP contribution in [0.4, 0.5) is 91.1 Å². The fourth-order valence-corrected chi connectivity index (χ4v) is 25.0. The molecule has 0 unspecified atom stereocenters. The second-order valence-electron chi connectivity index (χ2n) is 34.2. The maximum atomic E-state index is 6.43. The van der Waals surface area contributed by atoms with E-state index in [1.807, 2.05) is 89.9 Å². The quantitative estimate of drug-likeness (QED) is 0.155. The molecular formula is C110H66B4N12O4S3. The molecule has 32 rings (SSSR count). The Balaban J connectivity index is 0.0000000866. The standard InChI is InChI=1S/C29H18BN3O.C27H16BN3O2.C27H16BN3OS.C27H16BN3S2/c1-4-12-23-19(9-1)20-10-2-5-13-24(20)32-25-14-6-7-15-26(25)33(30(23)32)29-28-22(17-18-31-29)21-11-3-8-16-27(21)34-28;3*1-4-10-24-18(6-1)19-16-17(11-12-25(19)33-24)30-21-8-2-3-9-22(21)31-23-13-15-32-27(23)26-20(28(30)31)7-5-14-29-26/h1-18H;3*1-16H. The number of hydrogen-bond donors (Lipinski definition) is 0. The molecule has 0 fully saturated rings. The molecular weight excluding hydrogens is 1690 g/mol. The predicted octanol–water partition coefficient (Wildman–Crippen LogP) is 26.8. The predicted molar refractivity (Wildman–Crippen MR) is 552 cm³/mol. The van der Waals surface area contributed by atoms with Crippen LogP contribution in [0.5, 0.6) is 0 Å². The topological polar surface area (TPSA) is 130 Å². The van der Waals surface area contributed by atoms with E-state index < -0.39 is 0 Å². The van der Waals surface area contributed by atoms with Gasteiger partial charge in [-0.3, -0.25) is 15.0 Å². The minimum atomic E-state index is -0.0631. The van der Waals surface area contributed by atoms with Gasteiger partial charge in [-0.1, -0.05) is 182 Å². The molecule has 0 spiro atoms.